The van der Waals surface area contributed by atoms with Gasteiger partial charge in [0.15, 0.2) is 0 Å². The molecule has 21 heavy (non-hydrogen) atoms. The van der Waals surface area contributed by atoms with Crippen molar-refractivity contribution in [1.82, 2.24) is 5.32 Å². The normalized spacial score (nSPS) is 21.1. The first-order chi connectivity index (χ1) is 10.1. The molecular formula is C19H23NO. The highest BCUT2D eigenvalue weighted by Gasteiger charge is 2.26. The number of hydrogen-bond donors (Lipinski definition) is 2. The van der Waals surface area contributed by atoms with E-state index in [2.05, 4.69) is 61.6 Å². The Hall–Kier alpha value is -1.64. The summed E-state index contributed by atoms with van der Waals surface area (Å²) >= 11 is 0. The van der Waals surface area contributed by atoms with Gasteiger partial charge in [-0.2, -0.15) is 0 Å². The molecule has 0 amide bonds. The molecule has 110 valence electrons. The van der Waals surface area contributed by atoms with Gasteiger partial charge in [0, 0.05) is 19.0 Å². The van der Waals surface area contributed by atoms with Crippen LogP contribution >= 0.6 is 0 Å². The van der Waals surface area contributed by atoms with E-state index in [1.807, 2.05) is 0 Å². The topological polar surface area (TPSA) is 32.3 Å². The van der Waals surface area contributed by atoms with Crippen LogP contribution in [0.3, 0.4) is 0 Å². The van der Waals surface area contributed by atoms with E-state index in [-0.39, 0.29) is 12.1 Å². The van der Waals surface area contributed by atoms with Crippen LogP contribution in [0.5, 0.6) is 0 Å². The zero-order valence-corrected chi connectivity index (χ0v) is 12.8. The summed E-state index contributed by atoms with van der Waals surface area (Å²) < 4.78 is 0. The molecule has 2 aromatic rings. The largest absolute Gasteiger partial charge is 0.391 e. The maximum Gasteiger partial charge on any atom is 0.0736 e. The standard InChI is InChI=1S/C19H23NO/c1-13-7-8-17(14(2)9-13)12-20-18-10-15-5-3-4-6-16(15)11-19(18)21/h3-9,18-21H,10-12H2,1-2H3/t18-,19-/m1/s1. The van der Waals surface area contributed by atoms with E-state index in [0.29, 0.717) is 0 Å². The van der Waals surface area contributed by atoms with Crippen LogP contribution in [0.25, 0.3) is 0 Å². The van der Waals surface area contributed by atoms with Gasteiger partial charge in [0.1, 0.15) is 0 Å². The van der Waals surface area contributed by atoms with Crippen LogP contribution in [0.1, 0.15) is 27.8 Å². The molecule has 1 aliphatic carbocycles. The van der Waals surface area contributed by atoms with E-state index >= 15 is 0 Å². The van der Waals surface area contributed by atoms with Crippen LogP contribution < -0.4 is 5.32 Å². The van der Waals surface area contributed by atoms with Crippen molar-refractivity contribution in [3.8, 4) is 0 Å². The SMILES string of the molecule is Cc1ccc(CN[C@@H]2Cc3ccccc3C[C@H]2O)c(C)c1. The molecule has 0 fully saturated rings. The van der Waals surface area contributed by atoms with Crippen LogP contribution in [0.4, 0.5) is 0 Å². The third-order valence-electron chi connectivity index (χ3n) is 4.50. The highest BCUT2D eigenvalue weighted by Crippen LogP contribution is 2.22. The lowest BCUT2D eigenvalue weighted by Crippen LogP contribution is -2.45. The Labute approximate surface area is 126 Å². The quantitative estimate of drug-likeness (QED) is 0.906. The highest BCUT2D eigenvalue weighted by molar-refractivity contribution is 5.33. The maximum absolute atomic E-state index is 10.3. The molecule has 0 aromatic heterocycles. The van der Waals surface area contributed by atoms with Crippen molar-refractivity contribution in [2.24, 2.45) is 0 Å². The second-order valence-electron chi connectivity index (χ2n) is 6.16. The summed E-state index contributed by atoms with van der Waals surface area (Å²) in [6.07, 6.45) is 1.36. The lowest BCUT2D eigenvalue weighted by atomic mass is 9.86. The number of hydrogen-bond acceptors (Lipinski definition) is 2. The number of nitrogens with one attached hydrogen (secondary N) is 1. The number of aliphatic hydroxyl groups excluding tert-OH is 1. The van der Waals surface area contributed by atoms with Crippen molar-refractivity contribution < 1.29 is 5.11 Å². The summed E-state index contributed by atoms with van der Waals surface area (Å²) in [7, 11) is 0. The van der Waals surface area contributed by atoms with Crippen LogP contribution in [0.15, 0.2) is 42.5 Å². The molecule has 3 rings (SSSR count). The molecule has 0 saturated carbocycles. The Kier molecular flexibility index (Phi) is 4.09. The van der Waals surface area contributed by atoms with Gasteiger partial charge in [-0.1, -0.05) is 48.0 Å². The van der Waals surface area contributed by atoms with Gasteiger partial charge in [-0.3, -0.25) is 0 Å². The third-order valence-corrected chi connectivity index (χ3v) is 4.50. The number of fused-ring (bicyclic) bond motifs is 1. The lowest BCUT2D eigenvalue weighted by molar-refractivity contribution is 0.118. The predicted octanol–water partition coefficient (Wildman–Crippen LogP) is 2.92. The van der Waals surface area contributed by atoms with Crippen molar-refractivity contribution in [3.63, 3.8) is 0 Å². The smallest absolute Gasteiger partial charge is 0.0736 e. The van der Waals surface area contributed by atoms with Crippen molar-refractivity contribution >= 4 is 0 Å². The van der Waals surface area contributed by atoms with Crippen molar-refractivity contribution in [2.45, 2.75) is 45.4 Å². The minimum absolute atomic E-state index is 0.139. The molecule has 0 unspecified atom stereocenters. The summed E-state index contributed by atoms with van der Waals surface area (Å²) in [4.78, 5) is 0. The molecule has 0 aliphatic heterocycles. The van der Waals surface area contributed by atoms with Gasteiger partial charge in [-0.15, -0.1) is 0 Å². The van der Waals surface area contributed by atoms with Crippen molar-refractivity contribution in [2.75, 3.05) is 0 Å². The van der Waals surface area contributed by atoms with E-state index < -0.39 is 0 Å². The lowest BCUT2D eigenvalue weighted by Gasteiger charge is -2.30. The van der Waals surface area contributed by atoms with E-state index in [1.165, 1.54) is 27.8 Å². The fourth-order valence-corrected chi connectivity index (χ4v) is 3.19. The molecule has 0 heterocycles. The molecule has 0 spiro atoms. The predicted molar refractivity (Wildman–Crippen MR) is 86.4 cm³/mol. The molecule has 2 heteroatoms. The minimum Gasteiger partial charge on any atom is -0.391 e. The molecule has 0 saturated heterocycles. The molecule has 2 aromatic carbocycles. The Morgan fingerprint density at radius 3 is 2.48 bits per heavy atom. The van der Waals surface area contributed by atoms with Gasteiger partial charge in [0.25, 0.3) is 0 Å². The fraction of sp³-hybridized carbons (Fsp3) is 0.368. The van der Waals surface area contributed by atoms with Crippen LogP contribution in [-0.2, 0) is 19.4 Å². The van der Waals surface area contributed by atoms with E-state index in [9.17, 15) is 5.11 Å². The maximum atomic E-state index is 10.3. The second kappa shape index (κ2) is 6.00. The zero-order chi connectivity index (χ0) is 14.8. The van der Waals surface area contributed by atoms with Crippen LogP contribution in [0, 0.1) is 13.8 Å². The molecule has 1 aliphatic rings. The number of benzene rings is 2. The Morgan fingerprint density at radius 1 is 1.05 bits per heavy atom. The van der Waals surface area contributed by atoms with Gasteiger partial charge in [-0.05, 0) is 42.5 Å². The number of rotatable bonds is 3. The summed E-state index contributed by atoms with van der Waals surface area (Å²) in [6.45, 7) is 5.08. The van der Waals surface area contributed by atoms with Gasteiger partial charge in [0.05, 0.1) is 6.10 Å². The van der Waals surface area contributed by atoms with Crippen LogP contribution in [-0.4, -0.2) is 17.3 Å². The molecule has 0 radical (unpaired) electrons. The summed E-state index contributed by atoms with van der Waals surface area (Å²) in [5.74, 6) is 0. The fourth-order valence-electron chi connectivity index (χ4n) is 3.19. The average Bonchev–Trinajstić information content (AvgIpc) is 2.46. The monoisotopic (exact) mass is 281 g/mol. The highest BCUT2D eigenvalue weighted by atomic mass is 16.3. The molecule has 2 N–H and O–H groups in total. The summed E-state index contributed by atoms with van der Waals surface area (Å²) in [6, 6.07) is 15.1. The number of aliphatic hydroxyl groups is 1. The van der Waals surface area contributed by atoms with Gasteiger partial charge < -0.3 is 10.4 Å². The molecule has 0 bridgehead atoms. The van der Waals surface area contributed by atoms with Crippen molar-refractivity contribution in [1.29, 1.82) is 0 Å². The third kappa shape index (κ3) is 3.17. The number of aryl methyl sites for hydroxylation is 2. The Balaban J connectivity index is 1.68. The van der Waals surface area contributed by atoms with E-state index in [4.69, 9.17) is 0 Å². The van der Waals surface area contributed by atoms with E-state index in [0.717, 1.165) is 19.4 Å². The Bertz CT molecular complexity index is 635. The summed E-state index contributed by atoms with van der Waals surface area (Å²) in [5, 5.41) is 13.9. The first-order valence-corrected chi connectivity index (χ1v) is 7.68. The zero-order valence-electron chi connectivity index (χ0n) is 12.8. The van der Waals surface area contributed by atoms with Crippen molar-refractivity contribution in [3.05, 3.63) is 70.3 Å². The average molecular weight is 281 g/mol. The van der Waals surface area contributed by atoms with Crippen LogP contribution in [0.2, 0.25) is 0 Å². The van der Waals surface area contributed by atoms with Gasteiger partial charge >= 0.3 is 0 Å². The molecule has 2 nitrogen and oxygen atoms in total. The molecular weight excluding hydrogens is 258 g/mol. The second-order valence-corrected chi connectivity index (χ2v) is 6.16. The minimum atomic E-state index is -0.300. The first kappa shape index (κ1) is 14.3. The molecule has 2 atom stereocenters. The van der Waals surface area contributed by atoms with Gasteiger partial charge in [-0.25, -0.2) is 0 Å². The Morgan fingerprint density at radius 2 is 1.76 bits per heavy atom. The van der Waals surface area contributed by atoms with E-state index in [1.54, 1.807) is 0 Å². The first-order valence-electron chi connectivity index (χ1n) is 7.68. The van der Waals surface area contributed by atoms with Gasteiger partial charge in [0.2, 0.25) is 0 Å². The summed E-state index contributed by atoms with van der Waals surface area (Å²) in [5.41, 5.74) is 6.57.